The van der Waals surface area contributed by atoms with Crippen LogP contribution < -0.4 is 24.4 Å². The number of hydrogen-bond donors (Lipinski definition) is 1. The van der Waals surface area contributed by atoms with E-state index in [0.717, 1.165) is 10.0 Å². The maximum atomic E-state index is 12.3. The van der Waals surface area contributed by atoms with E-state index in [9.17, 15) is 4.79 Å². The Balaban J connectivity index is 2.16. The average Bonchev–Trinajstić information content (AvgIpc) is 2.66. The van der Waals surface area contributed by atoms with E-state index in [1.165, 1.54) is 27.5 Å². The Morgan fingerprint density at radius 1 is 0.962 bits per heavy atom. The van der Waals surface area contributed by atoms with E-state index in [4.69, 9.17) is 18.9 Å². The summed E-state index contributed by atoms with van der Waals surface area (Å²) in [6.45, 7) is 0. The molecule has 0 unspecified atom stereocenters. The van der Waals surface area contributed by atoms with Crippen molar-refractivity contribution in [3.05, 3.63) is 45.9 Å². The van der Waals surface area contributed by atoms with Crippen LogP contribution in [0.3, 0.4) is 0 Å². The van der Waals surface area contributed by atoms with Crippen molar-refractivity contribution in [3.63, 3.8) is 0 Å². The molecule has 0 bridgehead atoms. The first-order valence-electron chi connectivity index (χ1n) is 7.51. The summed E-state index contributed by atoms with van der Waals surface area (Å²) in [5.74, 6) is 1.50. The molecule has 0 spiro atoms. The molecule has 7 nitrogen and oxygen atoms in total. The lowest BCUT2D eigenvalue weighted by atomic mass is 10.1. The summed E-state index contributed by atoms with van der Waals surface area (Å²) in [5, 5.41) is 3.97. The number of amides is 1. The highest BCUT2D eigenvalue weighted by Crippen LogP contribution is 2.38. The van der Waals surface area contributed by atoms with Gasteiger partial charge in [-0.15, -0.1) is 0 Å². The van der Waals surface area contributed by atoms with Crippen LogP contribution in [0.15, 0.2) is 39.9 Å². The van der Waals surface area contributed by atoms with Crippen LogP contribution in [0.2, 0.25) is 0 Å². The topological polar surface area (TPSA) is 78.4 Å². The molecule has 0 aliphatic carbocycles. The van der Waals surface area contributed by atoms with Crippen LogP contribution in [-0.4, -0.2) is 40.6 Å². The van der Waals surface area contributed by atoms with Crippen LogP contribution in [0.25, 0.3) is 0 Å². The fourth-order valence-corrected chi connectivity index (χ4v) is 2.76. The Hall–Kier alpha value is -2.74. The van der Waals surface area contributed by atoms with Gasteiger partial charge in [-0.2, -0.15) is 5.10 Å². The van der Waals surface area contributed by atoms with Crippen LogP contribution in [-0.2, 0) is 0 Å². The second-order valence-corrected chi connectivity index (χ2v) is 5.86. The lowest BCUT2D eigenvalue weighted by Crippen LogP contribution is -2.18. The summed E-state index contributed by atoms with van der Waals surface area (Å²) >= 11 is 3.40. The molecule has 0 aliphatic rings. The van der Waals surface area contributed by atoms with E-state index in [0.29, 0.717) is 28.6 Å². The first kappa shape index (κ1) is 19.6. The Morgan fingerprint density at radius 2 is 1.58 bits per heavy atom. The number of hydrazone groups is 1. The van der Waals surface area contributed by atoms with Gasteiger partial charge in [0.25, 0.3) is 5.91 Å². The molecule has 0 heterocycles. The first-order chi connectivity index (χ1) is 12.5. The fraction of sp³-hybridized carbons (Fsp3) is 0.222. The number of benzene rings is 2. The number of hydrogen-bond acceptors (Lipinski definition) is 6. The van der Waals surface area contributed by atoms with Gasteiger partial charge in [0.2, 0.25) is 5.75 Å². The van der Waals surface area contributed by atoms with E-state index in [1.807, 2.05) is 12.1 Å². The van der Waals surface area contributed by atoms with Crippen molar-refractivity contribution in [3.8, 4) is 23.0 Å². The van der Waals surface area contributed by atoms with Gasteiger partial charge in [0.1, 0.15) is 5.75 Å². The number of ether oxygens (including phenoxy) is 4. The Bertz CT molecular complexity index is 798. The number of halogens is 1. The van der Waals surface area contributed by atoms with E-state index in [1.54, 1.807) is 25.3 Å². The summed E-state index contributed by atoms with van der Waals surface area (Å²) in [7, 11) is 6.06. The van der Waals surface area contributed by atoms with E-state index < -0.39 is 5.91 Å². The van der Waals surface area contributed by atoms with E-state index in [-0.39, 0.29) is 0 Å². The Kier molecular flexibility index (Phi) is 6.85. The van der Waals surface area contributed by atoms with Crippen molar-refractivity contribution in [2.24, 2.45) is 5.10 Å². The van der Waals surface area contributed by atoms with Gasteiger partial charge in [0.05, 0.1) is 39.1 Å². The highest BCUT2D eigenvalue weighted by molar-refractivity contribution is 9.10. The number of nitrogens with zero attached hydrogens (tertiary/aromatic N) is 1. The Labute approximate surface area is 160 Å². The molecule has 0 saturated heterocycles. The van der Waals surface area contributed by atoms with Crippen LogP contribution in [0.1, 0.15) is 15.9 Å². The van der Waals surface area contributed by atoms with Crippen molar-refractivity contribution in [2.75, 3.05) is 28.4 Å². The number of rotatable bonds is 7. The predicted molar refractivity (Wildman–Crippen MR) is 102 cm³/mol. The predicted octanol–water partition coefficient (Wildman–Crippen LogP) is 3.25. The minimum absolute atomic E-state index is 0.326. The first-order valence-corrected chi connectivity index (χ1v) is 8.30. The smallest absolute Gasteiger partial charge is 0.271 e. The van der Waals surface area contributed by atoms with Crippen molar-refractivity contribution in [2.45, 2.75) is 0 Å². The van der Waals surface area contributed by atoms with Crippen LogP contribution in [0.4, 0.5) is 0 Å². The zero-order valence-electron chi connectivity index (χ0n) is 14.8. The molecule has 0 atom stereocenters. The summed E-state index contributed by atoms with van der Waals surface area (Å²) in [6.07, 6.45) is 1.53. The molecule has 8 heteroatoms. The van der Waals surface area contributed by atoms with Gasteiger partial charge in [-0.05, 0) is 51.8 Å². The molecule has 1 amide bonds. The maximum Gasteiger partial charge on any atom is 0.271 e. The lowest BCUT2D eigenvalue weighted by Gasteiger charge is -2.13. The van der Waals surface area contributed by atoms with Gasteiger partial charge in [0, 0.05) is 5.56 Å². The summed E-state index contributed by atoms with van der Waals surface area (Å²) in [6, 6.07) is 8.55. The number of methoxy groups -OCH3 is 4. The van der Waals surface area contributed by atoms with E-state index >= 15 is 0 Å². The molecule has 1 N–H and O–H groups in total. The molecule has 26 heavy (non-hydrogen) atoms. The highest BCUT2D eigenvalue weighted by Gasteiger charge is 2.16. The zero-order valence-corrected chi connectivity index (χ0v) is 16.4. The van der Waals surface area contributed by atoms with Gasteiger partial charge in [-0.3, -0.25) is 4.79 Å². The molecule has 0 aromatic heterocycles. The van der Waals surface area contributed by atoms with Crippen molar-refractivity contribution in [1.29, 1.82) is 0 Å². The summed E-state index contributed by atoms with van der Waals surface area (Å²) in [4.78, 5) is 12.3. The third-order valence-electron chi connectivity index (χ3n) is 3.48. The average molecular weight is 423 g/mol. The minimum Gasteiger partial charge on any atom is -0.496 e. The normalized spacial score (nSPS) is 10.5. The van der Waals surface area contributed by atoms with Crippen molar-refractivity contribution < 1.29 is 23.7 Å². The molecule has 2 rings (SSSR count). The van der Waals surface area contributed by atoms with Crippen molar-refractivity contribution in [1.82, 2.24) is 5.43 Å². The molecule has 2 aromatic carbocycles. The molecule has 2 aromatic rings. The molecule has 138 valence electrons. The summed E-state index contributed by atoms with van der Waals surface area (Å²) < 4.78 is 21.7. The summed E-state index contributed by atoms with van der Waals surface area (Å²) in [5.41, 5.74) is 3.59. The second kappa shape index (κ2) is 9.10. The maximum absolute atomic E-state index is 12.3. The molecule has 0 fully saturated rings. The zero-order chi connectivity index (χ0) is 19.1. The lowest BCUT2D eigenvalue weighted by molar-refractivity contribution is 0.0954. The van der Waals surface area contributed by atoms with Crippen LogP contribution in [0, 0.1) is 0 Å². The van der Waals surface area contributed by atoms with Gasteiger partial charge in [0.15, 0.2) is 11.5 Å². The van der Waals surface area contributed by atoms with E-state index in [2.05, 4.69) is 26.5 Å². The number of carbonyl (C=O) groups excluding carboxylic acids is 1. The monoisotopic (exact) mass is 422 g/mol. The van der Waals surface area contributed by atoms with Crippen LogP contribution in [0.5, 0.6) is 23.0 Å². The molecule has 0 saturated carbocycles. The molecule has 0 radical (unpaired) electrons. The third kappa shape index (κ3) is 4.45. The van der Waals surface area contributed by atoms with Gasteiger partial charge in [-0.1, -0.05) is 0 Å². The largest absolute Gasteiger partial charge is 0.496 e. The van der Waals surface area contributed by atoms with Gasteiger partial charge >= 0.3 is 0 Å². The van der Waals surface area contributed by atoms with Crippen molar-refractivity contribution >= 4 is 28.1 Å². The Morgan fingerprint density at radius 3 is 2.08 bits per heavy atom. The number of carbonyl (C=O) groups is 1. The fourth-order valence-electron chi connectivity index (χ4n) is 2.21. The molecule has 0 aliphatic heterocycles. The molecular weight excluding hydrogens is 404 g/mol. The third-order valence-corrected chi connectivity index (χ3v) is 4.10. The minimum atomic E-state index is -0.409. The van der Waals surface area contributed by atoms with Gasteiger partial charge < -0.3 is 18.9 Å². The highest BCUT2D eigenvalue weighted by atomic mass is 79.9. The second-order valence-electron chi connectivity index (χ2n) is 5.01. The SMILES string of the molecule is COc1ccc(/C=N/NC(=O)c2cc(OC)c(OC)c(OC)c2)cc1Br. The quantitative estimate of drug-likeness (QED) is 0.547. The molecular formula is C18H19BrN2O5. The van der Waals surface area contributed by atoms with Gasteiger partial charge in [-0.25, -0.2) is 5.43 Å². The standard InChI is InChI=1S/C18H19BrN2O5/c1-23-14-6-5-11(7-13(14)19)10-20-21-18(22)12-8-15(24-2)17(26-4)16(9-12)25-3/h5-10H,1-4H3,(H,21,22)/b20-10+. The van der Waals surface area contributed by atoms with Crippen LogP contribution >= 0.6 is 15.9 Å². The number of nitrogens with one attached hydrogen (secondary N) is 1.